The molecule has 1 fully saturated rings. The fourth-order valence-corrected chi connectivity index (χ4v) is 3.26. The van der Waals surface area contributed by atoms with Crippen LogP contribution in [0.2, 0.25) is 0 Å². The number of esters is 1. The van der Waals surface area contributed by atoms with Crippen LogP contribution in [0.4, 0.5) is 0 Å². The summed E-state index contributed by atoms with van der Waals surface area (Å²) in [5.74, 6) is -0.168. The van der Waals surface area contributed by atoms with Gasteiger partial charge in [0.2, 0.25) is 0 Å². The third-order valence-electron chi connectivity index (χ3n) is 4.64. The van der Waals surface area contributed by atoms with E-state index in [4.69, 9.17) is 4.74 Å². The average Bonchev–Trinajstić information content (AvgIpc) is 2.61. The third kappa shape index (κ3) is 3.42. The molecule has 1 aliphatic heterocycles. The number of likely N-dealkylation sites (tertiary alicyclic amines) is 1. The Kier molecular flexibility index (Phi) is 4.84. The van der Waals surface area contributed by atoms with Gasteiger partial charge in [-0.15, -0.1) is 0 Å². The summed E-state index contributed by atoms with van der Waals surface area (Å²) in [6.45, 7) is 5.50. The lowest BCUT2D eigenvalue weighted by atomic mass is 9.96. The second-order valence-corrected chi connectivity index (χ2v) is 6.38. The summed E-state index contributed by atoms with van der Waals surface area (Å²) in [6.07, 6.45) is 1.36. The maximum atomic E-state index is 12.7. The van der Waals surface area contributed by atoms with Crippen LogP contribution >= 0.6 is 0 Å². The van der Waals surface area contributed by atoms with Crippen LogP contribution in [-0.2, 0) is 9.53 Å². The number of nitrogens with zero attached hydrogens (tertiary/aromatic N) is 1. The number of amides is 1. The summed E-state index contributed by atoms with van der Waals surface area (Å²) >= 11 is 0. The Balaban J connectivity index is 1.69. The highest BCUT2D eigenvalue weighted by Gasteiger charge is 2.28. The van der Waals surface area contributed by atoms with Crippen LogP contribution in [0.25, 0.3) is 10.8 Å². The molecule has 1 heterocycles. The van der Waals surface area contributed by atoms with Gasteiger partial charge in [-0.3, -0.25) is 9.59 Å². The van der Waals surface area contributed by atoms with Gasteiger partial charge in [0.1, 0.15) is 0 Å². The molecule has 4 heteroatoms. The lowest BCUT2D eigenvalue weighted by Crippen LogP contribution is -2.40. The molecule has 2 aromatic rings. The molecule has 2 aromatic carbocycles. The maximum Gasteiger partial charge on any atom is 0.309 e. The van der Waals surface area contributed by atoms with E-state index in [1.807, 2.05) is 30.0 Å². The molecule has 0 spiro atoms. The predicted molar refractivity (Wildman–Crippen MR) is 93.9 cm³/mol. The second-order valence-electron chi connectivity index (χ2n) is 6.38. The molecule has 1 saturated heterocycles. The first-order valence-corrected chi connectivity index (χ1v) is 8.55. The monoisotopic (exact) mass is 325 g/mol. The normalized spacial score (nSPS) is 15.5. The summed E-state index contributed by atoms with van der Waals surface area (Å²) in [4.78, 5) is 26.4. The molecule has 3 rings (SSSR count). The lowest BCUT2D eigenvalue weighted by molar-refractivity contribution is -0.149. The molecule has 0 bridgehead atoms. The molecule has 0 saturated carbocycles. The van der Waals surface area contributed by atoms with Crippen molar-refractivity contribution >= 4 is 22.6 Å². The number of hydrogen-bond donors (Lipinski definition) is 0. The Morgan fingerprint density at radius 3 is 2.46 bits per heavy atom. The van der Waals surface area contributed by atoms with Gasteiger partial charge in [-0.05, 0) is 49.6 Å². The lowest BCUT2D eigenvalue weighted by Gasteiger charge is -2.31. The maximum absolute atomic E-state index is 12.7. The Labute approximate surface area is 142 Å². The van der Waals surface area contributed by atoms with Gasteiger partial charge in [0.05, 0.1) is 12.5 Å². The summed E-state index contributed by atoms with van der Waals surface area (Å²) in [5, 5.41) is 2.22. The van der Waals surface area contributed by atoms with E-state index in [9.17, 15) is 9.59 Å². The third-order valence-corrected chi connectivity index (χ3v) is 4.64. The van der Waals surface area contributed by atoms with Gasteiger partial charge in [0.15, 0.2) is 0 Å². The average molecular weight is 325 g/mol. The topological polar surface area (TPSA) is 46.6 Å². The largest absolute Gasteiger partial charge is 0.466 e. The molecular formula is C20H23NO3. The summed E-state index contributed by atoms with van der Waals surface area (Å²) < 4.78 is 5.08. The van der Waals surface area contributed by atoms with Gasteiger partial charge in [-0.2, -0.15) is 0 Å². The molecule has 0 unspecified atom stereocenters. The second kappa shape index (κ2) is 7.04. The van der Waals surface area contributed by atoms with Gasteiger partial charge in [-0.25, -0.2) is 0 Å². The van der Waals surface area contributed by atoms with Crippen LogP contribution in [-0.4, -0.2) is 36.5 Å². The van der Waals surface area contributed by atoms with E-state index in [0.29, 0.717) is 38.1 Å². The standard InChI is InChI=1S/C20H23NO3/c1-3-24-20(23)15-8-10-21(11-9-15)19(22)18-7-6-16-12-14(2)4-5-17(16)13-18/h4-7,12-13,15H,3,8-11H2,1-2H3. The van der Waals surface area contributed by atoms with Crippen LogP contribution < -0.4 is 0 Å². The summed E-state index contributed by atoms with van der Waals surface area (Å²) in [5.41, 5.74) is 1.92. The van der Waals surface area contributed by atoms with Crippen LogP contribution in [0.1, 0.15) is 35.7 Å². The smallest absolute Gasteiger partial charge is 0.309 e. The van der Waals surface area contributed by atoms with Gasteiger partial charge in [-0.1, -0.05) is 29.8 Å². The highest BCUT2D eigenvalue weighted by atomic mass is 16.5. The van der Waals surface area contributed by atoms with Crippen LogP contribution in [0.5, 0.6) is 0 Å². The van der Waals surface area contributed by atoms with Gasteiger partial charge >= 0.3 is 5.97 Å². The number of ether oxygens (including phenoxy) is 1. The minimum Gasteiger partial charge on any atom is -0.466 e. The Morgan fingerprint density at radius 2 is 1.75 bits per heavy atom. The van der Waals surface area contributed by atoms with E-state index < -0.39 is 0 Å². The number of benzene rings is 2. The van der Waals surface area contributed by atoms with Gasteiger partial charge in [0, 0.05) is 18.7 Å². The molecule has 1 amide bonds. The van der Waals surface area contributed by atoms with Crippen molar-refractivity contribution in [3.8, 4) is 0 Å². The highest BCUT2D eigenvalue weighted by Crippen LogP contribution is 2.22. The quantitative estimate of drug-likeness (QED) is 0.811. The van der Waals surface area contributed by atoms with Crippen molar-refractivity contribution in [2.45, 2.75) is 26.7 Å². The number of carbonyl (C=O) groups is 2. The van der Waals surface area contributed by atoms with E-state index in [1.165, 1.54) is 5.56 Å². The molecule has 0 aliphatic carbocycles. The molecule has 126 valence electrons. The van der Waals surface area contributed by atoms with E-state index in [0.717, 1.165) is 10.8 Å². The van der Waals surface area contributed by atoms with Crippen molar-refractivity contribution in [2.24, 2.45) is 5.92 Å². The Bertz CT molecular complexity index is 761. The molecule has 24 heavy (non-hydrogen) atoms. The fourth-order valence-electron chi connectivity index (χ4n) is 3.26. The number of rotatable bonds is 3. The predicted octanol–water partition coefficient (Wildman–Crippen LogP) is 3.56. The first-order valence-electron chi connectivity index (χ1n) is 8.55. The van der Waals surface area contributed by atoms with E-state index in [-0.39, 0.29) is 17.8 Å². The zero-order valence-electron chi connectivity index (χ0n) is 14.2. The number of aryl methyl sites for hydroxylation is 1. The minimum absolute atomic E-state index is 0.0415. The zero-order chi connectivity index (χ0) is 17.1. The molecule has 0 atom stereocenters. The summed E-state index contributed by atoms with van der Waals surface area (Å²) in [6, 6.07) is 12.1. The zero-order valence-corrected chi connectivity index (χ0v) is 14.2. The van der Waals surface area contributed by atoms with Gasteiger partial charge < -0.3 is 9.64 Å². The van der Waals surface area contributed by atoms with E-state index in [1.54, 1.807) is 0 Å². The van der Waals surface area contributed by atoms with Crippen molar-refractivity contribution in [3.05, 3.63) is 47.5 Å². The van der Waals surface area contributed by atoms with Crippen molar-refractivity contribution < 1.29 is 14.3 Å². The van der Waals surface area contributed by atoms with Crippen LogP contribution in [0, 0.1) is 12.8 Å². The van der Waals surface area contributed by atoms with E-state index in [2.05, 4.69) is 25.1 Å². The Hall–Kier alpha value is -2.36. The number of hydrogen-bond acceptors (Lipinski definition) is 3. The molecule has 4 nitrogen and oxygen atoms in total. The van der Waals surface area contributed by atoms with Crippen molar-refractivity contribution in [2.75, 3.05) is 19.7 Å². The summed E-state index contributed by atoms with van der Waals surface area (Å²) in [7, 11) is 0. The number of fused-ring (bicyclic) bond motifs is 1. The highest BCUT2D eigenvalue weighted by molar-refractivity contribution is 5.98. The number of carbonyl (C=O) groups excluding carboxylic acids is 2. The first kappa shape index (κ1) is 16.5. The van der Waals surface area contributed by atoms with Crippen molar-refractivity contribution in [3.63, 3.8) is 0 Å². The van der Waals surface area contributed by atoms with Crippen LogP contribution in [0.15, 0.2) is 36.4 Å². The van der Waals surface area contributed by atoms with E-state index >= 15 is 0 Å². The molecule has 0 aromatic heterocycles. The minimum atomic E-state index is -0.134. The first-order chi connectivity index (χ1) is 11.6. The van der Waals surface area contributed by atoms with Crippen molar-refractivity contribution in [1.82, 2.24) is 4.90 Å². The Morgan fingerprint density at radius 1 is 1.08 bits per heavy atom. The SMILES string of the molecule is CCOC(=O)C1CCN(C(=O)c2ccc3cc(C)ccc3c2)CC1. The molecule has 1 aliphatic rings. The number of piperidine rings is 1. The fraction of sp³-hybridized carbons (Fsp3) is 0.400. The molecular weight excluding hydrogens is 302 g/mol. The molecule has 0 N–H and O–H groups in total. The molecule has 0 radical (unpaired) electrons. The van der Waals surface area contributed by atoms with Gasteiger partial charge in [0.25, 0.3) is 5.91 Å². The van der Waals surface area contributed by atoms with Crippen molar-refractivity contribution in [1.29, 1.82) is 0 Å². The van der Waals surface area contributed by atoms with Crippen LogP contribution in [0.3, 0.4) is 0 Å².